The second-order valence-electron chi connectivity index (χ2n) is 18.2. The van der Waals surface area contributed by atoms with Crippen molar-refractivity contribution in [1.29, 1.82) is 10.8 Å². The molecule has 36 heteroatoms. The summed E-state index contributed by atoms with van der Waals surface area (Å²) in [6.45, 7) is 0.114. The summed E-state index contributed by atoms with van der Waals surface area (Å²) in [6.07, 6.45) is -5.17. The maximum atomic E-state index is 13.3. The van der Waals surface area contributed by atoms with Crippen molar-refractivity contribution in [3.05, 3.63) is 23.7 Å². The van der Waals surface area contributed by atoms with Crippen LogP contribution >= 0.6 is 0 Å². The van der Waals surface area contributed by atoms with E-state index in [1.165, 1.54) is 0 Å². The molecule has 0 bridgehead atoms. The Labute approximate surface area is 488 Å². The molecule has 2 aliphatic heterocycles. The highest BCUT2D eigenvalue weighted by Gasteiger charge is 2.47. The Hall–Kier alpha value is -7.86. The van der Waals surface area contributed by atoms with Crippen molar-refractivity contribution in [2.24, 2.45) is 17.4 Å². The first-order valence-electron chi connectivity index (χ1n) is 26.4. The molecule has 0 aromatic carbocycles. The minimum Gasteiger partial charge on any atom is -0.479 e. The van der Waals surface area contributed by atoms with E-state index in [1.54, 1.807) is 6.92 Å². The molecule has 10 atom stereocenters. The molecule has 0 unspecified atom stereocenters. The summed E-state index contributed by atoms with van der Waals surface area (Å²) in [5, 5.41) is 92.3. The van der Waals surface area contributed by atoms with Crippen LogP contribution in [0.15, 0.2) is 23.7 Å². The number of aliphatic carboxylic acids is 2. The number of hydrogen-bond donors (Lipinski definition) is 17. The Morgan fingerprint density at radius 3 is 1.46 bits per heavy atom. The van der Waals surface area contributed by atoms with Gasteiger partial charge in [-0.15, -0.1) is 6.42 Å². The van der Waals surface area contributed by atoms with E-state index in [0.717, 1.165) is 24.0 Å². The number of ether oxygens (including phenoxy) is 10. The van der Waals surface area contributed by atoms with Crippen molar-refractivity contribution in [3.8, 4) is 12.3 Å². The highest BCUT2D eigenvalue weighted by atomic mass is 16.6. The molecule has 36 nitrogen and oxygen atoms in total. The molecule has 0 radical (unpaired) electrons. The summed E-state index contributed by atoms with van der Waals surface area (Å²) >= 11 is 0. The Morgan fingerprint density at radius 1 is 0.624 bits per heavy atom. The number of nitrogens with two attached hydrogens (primary N) is 2. The number of guanidine groups is 2. The number of terminal acetylenes is 1. The normalized spacial score (nSPS) is 19.4. The second-order valence-corrected chi connectivity index (χ2v) is 18.2. The number of carbonyl (C=O) groups excluding carboxylic acids is 6. The molecule has 2 rings (SSSR count). The third-order valence-electron chi connectivity index (χ3n) is 11.7. The largest absolute Gasteiger partial charge is 0.479 e. The number of alkyl carbamates (subject to hydrolysis) is 2. The first-order chi connectivity index (χ1) is 40.5. The molecule has 0 saturated heterocycles. The molecule has 2 aliphatic rings. The lowest BCUT2D eigenvalue weighted by Crippen LogP contribution is -2.65. The van der Waals surface area contributed by atoms with Crippen molar-refractivity contribution >= 4 is 59.7 Å². The number of carbonyl (C=O) groups is 8. The van der Waals surface area contributed by atoms with Crippen molar-refractivity contribution in [2.75, 3.05) is 132 Å². The van der Waals surface area contributed by atoms with Crippen molar-refractivity contribution in [2.45, 2.75) is 75.0 Å². The van der Waals surface area contributed by atoms with Crippen LogP contribution in [0.3, 0.4) is 0 Å². The number of aliphatic hydroxyl groups is 4. The number of nitrogens with zero attached hydrogens (tertiary/aromatic N) is 1. The molecular weight excluding hydrogens is 1140 g/mol. The number of carboxylic acids is 2. The molecule has 0 spiro atoms. The molecule has 0 aromatic rings. The molecule has 6 amide bonds. The van der Waals surface area contributed by atoms with Gasteiger partial charge in [0.05, 0.1) is 110 Å². The SMILES string of the molecule is C#CCOCCOCCOCCOCCC(=O)N(CC(=O)NCCOCCNC(=O)O[C@@H]([C@@H]1OC(C(=O)O)=C[C@H](NC(=N)N)[C@H]1C)[C@H](O)CO)CC(=O)NCCOCCNC(=O)O[C@@H]([C@@H]1OC(C(=O)O)=C[C@H](NC(=N)N)[C@H]1NC(C)=O)[C@H](O)CO. The maximum absolute atomic E-state index is 13.3. The summed E-state index contributed by atoms with van der Waals surface area (Å²) in [5.41, 5.74) is 10.9. The van der Waals surface area contributed by atoms with E-state index in [4.69, 9.17) is 76.1 Å². The predicted octanol–water partition coefficient (Wildman–Crippen LogP) is -7.35. The molecule has 0 fully saturated rings. The van der Waals surface area contributed by atoms with Gasteiger partial charge in [0.15, 0.2) is 30.2 Å². The Morgan fingerprint density at radius 2 is 1.02 bits per heavy atom. The standard InChI is InChI=1S/C49H80N12O24/c1-4-10-76-16-18-80-20-21-81-19-17-77-11-5-38(69)61(24-36(67)54-6-12-78-14-8-56-48(74)84-41(32(65)26-62)40-28(2)30(59-46(50)51)22-34(82-40)44(70)71)25-37(68)55-7-13-79-15-9-57-49(75)85-42(33(66)27-63)43-39(58-29(3)64)31(60-47(52)53)23-35(83-43)45(72)73/h1,22-23,28,30-33,39-43,62-63,65-66H,5-21,24-27H2,2-3H3,(H,54,67)(H,55,68)(H,56,74)(H,57,75)(H,58,64)(H,70,71)(H,72,73)(H4,50,51,59)(H4,52,53,60)/t28-,30+,31+,32-,33-,39-,40-,41-,42-,43-/m1/s1. The van der Waals surface area contributed by atoms with E-state index in [1.807, 2.05) is 0 Å². The van der Waals surface area contributed by atoms with E-state index in [9.17, 15) is 69.0 Å². The van der Waals surface area contributed by atoms with Gasteiger partial charge in [-0.1, -0.05) is 12.8 Å². The lowest BCUT2D eigenvalue weighted by molar-refractivity contribution is -0.147. The lowest BCUT2D eigenvalue weighted by Gasteiger charge is -2.41. The first-order valence-corrected chi connectivity index (χ1v) is 26.4. The van der Waals surface area contributed by atoms with Crippen LogP contribution in [0.1, 0.15) is 20.3 Å². The van der Waals surface area contributed by atoms with Crippen LogP contribution in [0.25, 0.3) is 0 Å². The topological polar surface area (TPSA) is 537 Å². The predicted molar refractivity (Wildman–Crippen MR) is 289 cm³/mol. The fourth-order valence-corrected chi connectivity index (χ4v) is 7.74. The van der Waals surface area contributed by atoms with Crippen molar-refractivity contribution in [3.63, 3.8) is 0 Å². The molecule has 85 heavy (non-hydrogen) atoms. The van der Waals surface area contributed by atoms with E-state index >= 15 is 0 Å². The Balaban J connectivity index is 1.91. The molecule has 19 N–H and O–H groups in total. The molecule has 480 valence electrons. The molecular formula is C49H80N12O24. The second kappa shape index (κ2) is 41.2. The number of nitrogens with one attached hydrogen (secondary N) is 9. The van der Waals surface area contributed by atoms with Gasteiger partial charge in [-0.25, -0.2) is 19.2 Å². The van der Waals surface area contributed by atoms with Gasteiger partial charge in [0, 0.05) is 39.0 Å². The summed E-state index contributed by atoms with van der Waals surface area (Å²) in [7, 11) is 0. The smallest absolute Gasteiger partial charge is 0.407 e. The van der Waals surface area contributed by atoms with Gasteiger partial charge in [0.1, 0.15) is 38.0 Å². The first kappa shape index (κ1) is 73.2. The van der Waals surface area contributed by atoms with Crippen LogP contribution < -0.4 is 48.7 Å². The monoisotopic (exact) mass is 1220 g/mol. The number of rotatable bonds is 42. The zero-order valence-corrected chi connectivity index (χ0v) is 47.0. The molecule has 0 aliphatic carbocycles. The van der Waals surface area contributed by atoms with Crippen LogP contribution in [-0.2, 0) is 76.1 Å². The van der Waals surface area contributed by atoms with Crippen molar-refractivity contribution < 1.29 is 116 Å². The van der Waals surface area contributed by atoms with Gasteiger partial charge in [-0.2, -0.15) is 0 Å². The third kappa shape index (κ3) is 29.5. The highest BCUT2D eigenvalue weighted by Crippen LogP contribution is 2.29. The van der Waals surface area contributed by atoms with Crippen LogP contribution in [0.2, 0.25) is 0 Å². The summed E-state index contributed by atoms with van der Waals surface area (Å²) < 4.78 is 53.9. The molecule has 2 heterocycles. The van der Waals surface area contributed by atoms with Gasteiger partial charge in [-0.3, -0.25) is 30.0 Å². The van der Waals surface area contributed by atoms with E-state index < -0.39 is 158 Å². The Kier molecular flexibility index (Phi) is 35.5. The van der Waals surface area contributed by atoms with E-state index in [0.29, 0.717) is 19.8 Å². The fourth-order valence-electron chi connectivity index (χ4n) is 7.74. The summed E-state index contributed by atoms with van der Waals surface area (Å²) in [6, 6.07) is -3.39. The number of amides is 6. The average molecular weight is 1220 g/mol. The van der Waals surface area contributed by atoms with Crippen LogP contribution in [0.5, 0.6) is 0 Å². The maximum Gasteiger partial charge on any atom is 0.407 e. The Bertz CT molecular complexity index is 2280. The minimum absolute atomic E-state index is 0.0868. The third-order valence-corrected chi connectivity index (χ3v) is 11.7. The number of carboxylic acid groups (broad SMARTS) is 2. The number of hydrogen-bond acceptors (Lipinski definition) is 24. The lowest BCUT2D eigenvalue weighted by atomic mass is 9.87. The van der Waals surface area contributed by atoms with Crippen molar-refractivity contribution in [1.82, 2.24) is 42.1 Å². The molecule has 0 saturated carbocycles. The zero-order chi connectivity index (χ0) is 63.3. The van der Waals surface area contributed by atoms with Crippen LogP contribution in [-0.4, -0.2) is 282 Å². The van der Waals surface area contributed by atoms with Crippen LogP contribution in [0.4, 0.5) is 9.59 Å². The summed E-state index contributed by atoms with van der Waals surface area (Å²) in [5.74, 6) is -6.52. The minimum atomic E-state index is -1.87. The quantitative estimate of drug-likeness (QED) is 0.0117. The van der Waals surface area contributed by atoms with E-state index in [2.05, 4.69) is 43.1 Å². The average Bonchev–Trinajstić information content (AvgIpc) is 1.59. The van der Waals surface area contributed by atoms with Gasteiger partial charge in [-0.05, 0) is 12.2 Å². The molecule has 0 aromatic heterocycles. The van der Waals surface area contributed by atoms with Gasteiger partial charge < -0.3 is 132 Å². The van der Waals surface area contributed by atoms with E-state index in [-0.39, 0.29) is 92.1 Å². The zero-order valence-electron chi connectivity index (χ0n) is 47.0. The fraction of sp³-hybridized carbons (Fsp3) is 0.673. The summed E-state index contributed by atoms with van der Waals surface area (Å²) in [4.78, 5) is 102. The van der Waals surface area contributed by atoms with Gasteiger partial charge in [0.25, 0.3) is 0 Å². The number of aliphatic hydroxyl groups excluding tert-OH is 4. The van der Waals surface area contributed by atoms with Gasteiger partial charge in [0.2, 0.25) is 35.1 Å². The van der Waals surface area contributed by atoms with Crippen LogP contribution in [0, 0.1) is 29.1 Å². The van der Waals surface area contributed by atoms with Gasteiger partial charge >= 0.3 is 24.1 Å². The highest BCUT2D eigenvalue weighted by molar-refractivity contribution is 5.89.